The lowest BCUT2D eigenvalue weighted by Crippen LogP contribution is -2.60. The molecule has 2 fully saturated rings. The first kappa shape index (κ1) is 30.5. The molecule has 0 atom stereocenters. The van der Waals surface area contributed by atoms with Gasteiger partial charge in [0.2, 0.25) is 0 Å². The van der Waals surface area contributed by atoms with Gasteiger partial charge >= 0.3 is 0 Å². The molecule has 0 aliphatic carbocycles. The zero-order chi connectivity index (χ0) is 33.5. The Labute approximate surface area is 283 Å². The molecule has 0 saturated carbocycles. The number of aldehydes is 1. The Hall–Kier alpha value is -5.87. The normalized spacial score (nSPS) is 15.7. The van der Waals surface area contributed by atoms with E-state index in [-0.39, 0.29) is 22.6 Å². The maximum absolute atomic E-state index is 13.1. The molecular formula is C39H35N7O3. The van der Waals surface area contributed by atoms with Gasteiger partial charge in [0.25, 0.3) is 5.91 Å². The fourth-order valence-electron chi connectivity index (χ4n) is 7.24. The maximum atomic E-state index is 13.1. The molecule has 244 valence electrons. The third kappa shape index (κ3) is 5.70. The Morgan fingerprint density at radius 2 is 1.67 bits per heavy atom. The third-order valence-electron chi connectivity index (χ3n) is 9.89. The van der Waals surface area contributed by atoms with Gasteiger partial charge in [-0.05, 0) is 78.4 Å². The van der Waals surface area contributed by atoms with Crippen molar-refractivity contribution in [1.82, 2.24) is 29.3 Å². The lowest BCUT2D eigenvalue weighted by atomic mass is 9.72. The fraction of sp³-hybridized carbons (Fsp3) is 0.205. The number of nitrogen functional groups attached to an aromatic ring is 1. The average molecular weight is 650 g/mol. The molecule has 2 aliphatic heterocycles. The van der Waals surface area contributed by atoms with Gasteiger partial charge in [0.05, 0.1) is 16.8 Å². The maximum Gasteiger partial charge on any atom is 0.253 e. The Kier molecular flexibility index (Phi) is 7.64. The van der Waals surface area contributed by atoms with E-state index in [4.69, 9.17) is 15.7 Å². The molecule has 0 bridgehead atoms. The second-order valence-corrected chi connectivity index (χ2v) is 13.1. The van der Waals surface area contributed by atoms with Gasteiger partial charge in [0.1, 0.15) is 17.1 Å². The number of carbonyl (C=O) groups excluding carboxylic acids is 2. The van der Waals surface area contributed by atoms with Gasteiger partial charge in [-0.1, -0.05) is 42.5 Å². The fourth-order valence-corrected chi connectivity index (χ4v) is 7.24. The van der Waals surface area contributed by atoms with Crippen LogP contribution >= 0.6 is 0 Å². The van der Waals surface area contributed by atoms with Crippen LogP contribution in [0, 0.1) is 5.41 Å². The number of anilines is 1. The number of hydrogen-bond acceptors (Lipinski definition) is 8. The Morgan fingerprint density at radius 3 is 2.39 bits per heavy atom. The third-order valence-corrected chi connectivity index (χ3v) is 9.89. The number of hydrogen-bond donors (Lipinski definition) is 2. The molecule has 10 heteroatoms. The number of pyridine rings is 2. The number of nitrogens with two attached hydrogens (primary N) is 1. The van der Waals surface area contributed by atoms with E-state index in [0.717, 1.165) is 66.1 Å². The number of benzene rings is 3. The summed E-state index contributed by atoms with van der Waals surface area (Å²) < 4.78 is 2.06. The standard InChI is InChI=1S/C39H35N7O3/c40-35-31(7-4-18-41-35)36-43-33-15-14-32(27-5-2-1-3-6-27)42-37(33)46(36)30-12-8-26(9-13-30)22-44-24-39(25-44)16-19-45(20-17-39)38(49)28-10-11-29(23-47)34(48)21-28/h1-15,18,21,23,48H,16-17,19-20,22,24-25H2,(H2,40,41). The lowest BCUT2D eigenvalue weighted by molar-refractivity contribution is -0.0465. The van der Waals surface area contributed by atoms with Crippen LogP contribution < -0.4 is 5.73 Å². The van der Waals surface area contributed by atoms with E-state index in [9.17, 15) is 14.7 Å². The highest BCUT2D eigenvalue weighted by atomic mass is 16.3. The largest absolute Gasteiger partial charge is 0.507 e. The van der Waals surface area contributed by atoms with Crippen molar-refractivity contribution in [2.45, 2.75) is 19.4 Å². The van der Waals surface area contributed by atoms with Crippen LogP contribution in [0.15, 0.2) is 103 Å². The molecule has 1 spiro atoms. The van der Waals surface area contributed by atoms with Crippen molar-refractivity contribution in [2.24, 2.45) is 5.41 Å². The Bertz CT molecular complexity index is 2180. The van der Waals surface area contributed by atoms with Gasteiger partial charge in [0, 0.05) is 55.7 Å². The van der Waals surface area contributed by atoms with Gasteiger partial charge in [0.15, 0.2) is 17.8 Å². The number of rotatable bonds is 7. The SMILES string of the molecule is Nc1ncccc1-c1nc2ccc(-c3ccccc3)nc2n1-c1ccc(CN2CC3(CCN(C(=O)c4ccc(C=O)c(O)c4)CC3)C2)cc1. The van der Waals surface area contributed by atoms with E-state index in [1.54, 1.807) is 12.3 Å². The van der Waals surface area contributed by atoms with Crippen LogP contribution in [0.4, 0.5) is 5.82 Å². The highest BCUT2D eigenvalue weighted by Crippen LogP contribution is 2.41. The number of phenolic OH excluding ortho intramolecular Hbond substituents is 1. The summed E-state index contributed by atoms with van der Waals surface area (Å²) in [5, 5.41) is 10.0. The number of nitrogens with zero attached hydrogens (tertiary/aromatic N) is 6. The van der Waals surface area contributed by atoms with Gasteiger partial charge < -0.3 is 15.7 Å². The van der Waals surface area contributed by atoms with E-state index in [2.05, 4.69) is 50.8 Å². The first-order chi connectivity index (χ1) is 23.9. The molecule has 0 unspecified atom stereocenters. The van der Waals surface area contributed by atoms with Crippen molar-refractivity contribution in [3.05, 3.63) is 120 Å². The van der Waals surface area contributed by atoms with Crippen LogP contribution in [0.2, 0.25) is 0 Å². The number of carbonyl (C=O) groups is 2. The van der Waals surface area contributed by atoms with Gasteiger partial charge in [-0.15, -0.1) is 0 Å². The van der Waals surface area contributed by atoms with Crippen LogP contribution in [0.3, 0.4) is 0 Å². The van der Waals surface area contributed by atoms with Crippen molar-refractivity contribution in [1.29, 1.82) is 0 Å². The molecule has 2 aliphatic rings. The van der Waals surface area contributed by atoms with E-state index in [0.29, 0.717) is 36.6 Å². The van der Waals surface area contributed by atoms with Crippen LogP contribution in [0.25, 0.3) is 39.5 Å². The molecule has 5 heterocycles. The van der Waals surface area contributed by atoms with Crippen LogP contribution in [0.1, 0.15) is 39.1 Å². The Balaban J connectivity index is 0.974. The predicted octanol–water partition coefficient (Wildman–Crippen LogP) is 5.99. The number of aromatic nitrogens is 4. The van der Waals surface area contributed by atoms with Crippen molar-refractivity contribution in [2.75, 3.05) is 31.9 Å². The molecule has 6 aromatic rings. The van der Waals surface area contributed by atoms with Gasteiger partial charge in [-0.2, -0.15) is 0 Å². The highest BCUT2D eigenvalue weighted by Gasteiger charge is 2.45. The number of phenols is 1. The monoisotopic (exact) mass is 649 g/mol. The van der Waals surface area contributed by atoms with E-state index in [1.807, 2.05) is 47.4 Å². The van der Waals surface area contributed by atoms with Crippen molar-refractivity contribution in [3.63, 3.8) is 0 Å². The van der Waals surface area contributed by atoms with E-state index < -0.39 is 0 Å². The topological polar surface area (TPSA) is 130 Å². The summed E-state index contributed by atoms with van der Waals surface area (Å²) in [5.74, 6) is 0.831. The van der Waals surface area contributed by atoms with Gasteiger partial charge in [-0.3, -0.25) is 19.1 Å². The summed E-state index contributed by atoms with van der Waals surface area (Å²) in [6.45, 7) is 4.19. The summed E-state index contributed by atoms with van der Waals surface area (Å²) >= 11 is 0. The molecule has 3 aromatic carbocycles. The molecule has 1 amide bonds. The molecule has 0 radical (unpaired) electrons. The summed E-state index contributed by atoms with van der Waals surface area (Å²) in [6, 6.07) is 30.9. The van der Waals surface area contributed by atoms with Crippen LogP contribution in [-0.2, 0) is 6.54 Å². The number of imidazole rings is 1. The number of fused-ring (bicyclic) bond motifs is 1. The minimum Gasteiger partial charge on any atom is -0.507 e. The molecular weight excluding hydrogens is 614 g/mol. The quantitative estimate of drug-likeness (QED) is 0.202. The molecule has 49 heavy (non-hydrogen) atoms. The summed E-state index contributed by atoms with van der Waals surface area (Å²) in [4.78, 5) is 42.7. The predicted molar refractivity (Wildman–Crippen MR) is 188 cm³/mol. The number of piperidine rings is 1. The molecule has 3 N–H and O–H groups in total. The zero-order valence-electron chi connectivity index (χ0n) is 26.9. The smallest absolute Gasteiger partial charge is 0.253 e. The first-order valence-corrected chi connectivity index (χ1v) is 16.4. The summed E-state index contributed by atoms with van der Waals surface area (Å²) in [7, 11) is 0. The van der Waals surface area contributed by atoms with Crippen LogP contribution in [-0.4, -0.2) is 72.8 Å². The Morgan fingerprint density at radius 1 is 0.898 bits per heavy atom. The number of likely N-dealkylation sites (tertiary alicyclic amines) is 2. The van der Waals surface area contributed by atoms with Crippen molar-refractivity contribution >= 4 is 29.2 Å². The minimum atomic E-state index is -0.164. The molecule has 2 saturated heterocycles. The van der Waals surface area contributed by atoms with Crippen molar-refractivity contribution < 1.29 is 14.7 Å². The highest BCUT2D eigenvalue weighted by molar-refractivity contribution is 5.96. The summed E-state index contributed by atoms with van der Waals surface area (Å²) in [6.07, 6.45) is 4.15. The first-order valence-electron chi connectivity index (χ1n) is 16.4. The number of aromatic hydroxyl groups is 1. The number of amides is 1. The van der Waals surface area contributed by atoms with Crippen molar-refractivity contribution in [3.8, 4) is 34.1 Å². The summed E-state index contributed by atoms with van der Waals surface area (Å²) in [5.41, 5.74) is 13.5. The van der Waals surface area contributed by atoms with E-state index >= 15 is 0 Å². The second kappa shape index (κ2) is 12.3. The molecule has 3 aromatic heterocycles. The second-order valence-electron chi connectivity index (χ2n) is 13.1. The average Bonchev–Trinajstić information content (AvgIpc) is 3.50. The molecule has 8 rings (SSSR count). The van der Waals surface area contributed by atoms with Gasteiger partial charge in [-0.25, -0.2) is 15.0 Å². The minimum absolute atomic E-state index is 0.106. The lowest BCUT2D eigenvalue weighted by Gasteiger charge is -2.54. The van der Waals surface area contributed by atoms with Crippen LogP contribution in [0.5, 0.6) is 5.75 Å². The molecule has 10 nitrogen and oxygen atoms in total. The zero-order valence-corrected chi connectivity index (χ0v) is 26.9. The van der Waals surface area contributed by atoms with E-state index in [1.165, 1.54) is 17.7 Å².